The van der Waals surface area contributed by atoms with Gasteiger partial charge in [-0.05, 0) is 31.2 Å². The molecule has 1 aromatic rings. The van der Waals surface area contributed by atoms with E-state index in [0.717, 1.165) is 18.8 Å². The Morgan fingerprint density at radius 3 is 2.82 bits per heavy atom. The topological polar surface area (TPSA) is 54.5 Å². The summed E-state index contributed by atoms with van der Waals surface area (Å²) in [6, 6.07) is 2.15. The van der Waals surface area contributed by atoms with Gasteiger partial charge in [0.15, 0.2) is 0 Å². The highest BCUT2D eigenvalue weighted by atomic mass is 35.5. The number of carbonyl (C=O) groups is 1. The Balaban J connectivity index is 1.67. The Bertz CT molecular complexity index is 546. The Hall–Kier alpha value is -1.33. The predicted octanol–water partition coefficient (Wildman–Crippen LogP) is 2.81. The number of ether oxygens (including phenoxy) is 1. The van der Waals surface area contributed by atoms with E-state index in [1.807, 2.05) is 0 Å². The molecule has 1 aliphatic heterocycles. The van der Waals surface area contributed by atoms with Gasteiger partial charge >= 0.3 is 0 Å². The lowest BCUT2D eigenvalue weighted by molar-refractivity contribution is 0.0302. The molecule has 0 aromatic carbocycles. The molecule has 2 unspecified atom stereocenters. The minimum atomic E-state index is -0.0289. The van der Waals surface area contributed by atoms with Crippen LogP contribution in [0.4, 0.5) is 5.82 Å². The summed E-state index contributed by atoms with van der Waals surface area (Å²) in [5.74, 6) is 1.40. The van der Waals surface area contributed by atoms with Crippen LogP contribution in [0.2, 0.25) is 5.02 Å². The van der Waals surface area contributed by atoms with Crippen LogP contribution in [0, 0.1) is 5.92 Å². The summed E-state index contributed by atoms with van der Waals surface area (Å²) in [4.78, 5) is 18.5. The minimum absolute atomic E-state index is 0.0289. The Kier molecular flexibility index (Phi) is 4.84. The van der Waals surface area contributed by atoms with Crippen LogP contribution in [0.15, 0.2) is 12.3 Å². The summed E-state index contributed by atoms with van der Waals surface area (Å²) < 4.78 is 5.27. The van der Waals surface area contributed by atoms with Gasteiger partial charge in [0.1, 0.15) is 5.82 Å². The van der Waals surface area contributed by atoms with Gasteiger partial charge in [-0.1, -0.05) is 18.5 Å². The minimum Gasteiger partial charge on any atom is -0.378 e. The fourth-order valence-corrected chi connectivity index (χ4v) is 3.36. The van der Waals surface area contributed by atoms with Crippen LogP contribution >= 0.6 is 11.6 Å². The van der Waals surface area contributed by atoms with Crippen LogP contribution in [0.3, 0.4) is 0 Å². The molecule has 3 rings (SSSR count). The zero-order valence-corrected chi connectivity index (χ0v) is 13.6. The first kappa shape index (κ1) is 15.6. The third-order valence-electron chi connectivity index (χ3n) is 4.42. The Labute approximate surface area is 136 Å². The maximum Gasteiger partial charge on any atom is 0.255 e. The van der Waals surface area contributed by atoms with Crippen molar-refractivity contribution in [3.63, 3.8) is 0 Å². The second kappa shape index (κ2) is 6.84. The van der Waals surface area contributed by atoms with E-state index in [0.29, 0.717) is 48.7 Å². The van der Waals surface area contributed by atoms with Crippen molar-refractivity contribution in [1.29, 1.82) is 0 Å². The lowest BCUT2D eigenvalue weighted by Crippen LogP contribution is -2.40. The Morgan fingerprint density at radius 2 is 2.18 bits per heavy atom. The number of anilines is 1. The molecular weight excluding hydrogens is 302 g/mol. The number of nitrogens with zero attached hydrogens (tertiary/aromatic N) is 2. The molecule has 120 valence electrons. The molecule has 22 heavy (non-hydrogen) atoms. The maximum absolute atomic E-state index is 12.4. The predicted molar refractivity (Wildman–Crippen MR) is 86.4 cm³/mol. The maximum atomic E-state index is 12.4. The van der Waals surface area contributed by atoms with E-state index >= 15 is 0 Å². The van der Waals surface area contributed by atoms with Gasteiger partial charge in [0.05, 0.1) is 23.8 Å². The van der Waals surface area contributed by atoms with Crippen molar-refractivity contribution in [1.82, 2.24) is 9.88 Å². The van der Waals surface area contributed by atoms with Crippen molar-refractivity contribution in [3.8, 4) is 0 Å². The molecule has 1 saturated heterocycles. The molecule has 6 heteroatoms. The first-order valence-electron chi connectivity index (χ1n) is 7.92. The monoisotopic (exact) mass is 323 g/mol. The zero-order chi connectivity index (χ0) is 15.5. The number of nitrogens with one attached hydrogen (secondary N) is 1. The first-order chi connectivity index (χ1) is 10.6. The average Bonchev–Trinajstić information content (AvgIpc) is 2.94. The van der Waals surface area contributed by atoms with Gasteiger partial charge in [-0.3, -0.25) is 4.79 Å². The molecule has 0 bridgehead atoms. The third-order valence-corrected chi connectivity index (χ3v) is 4.71. The molecular formula is C16H22ClN3O2. The molecule has 2 fully saturated rings. The van der Waals surface area contributed by atoms with Crippen molar-refractivity contribution in [2.24, 2.45) is 5.92 Å². The molecule has 1 aromatic heterocycles. The summed E-state index contributed by atoms with van der Waals surface area (Å²) in [6.45, 7) is 4.69. The van der Waals surface area contributed by atoms with E-state index in [-0.39, 0.29) is 5.91 Å². The van der Waals surface area contributed by atoms with Gasteiger partial charge in [0, 0.05) is 25.3 Å². The number of carbonyl (C=O) groups excluding carboxylic acids is 1. The first-order valence-corrected chi connectivity index (χ1v) is 8.30. The van der Waals surface area contributed by atoms with Gasteiger partial charge in [-0.2, -0.15) is 0 Å². The molecule has 1 amide bonds. The van der Waals surface area contributed by atoms with Crippen LogP contribution in [0.1, 0.15) is 36.5 Å². The summed E-state index contributed by atoms with van der Waals surface area (Å²) in [7, 11) is 0. The second-order valence-corrected chi connectivity index (χ2v) is 6.63. The molecule has 1 saturated carbocycles. The average molecular weight is 324 g/mol. The Morgan fingerprint density at radius 1 is 1.41 bits per heavy atom. The highest BCUT2D eigenvalue weighted by Crippen LogP contribution is 2.29. The summed E-state index contributed by atoms with van der Waals surface area (Å²) in [5.41, 5.74) is 0.539. The number of pyridine rings is 1. The molecule has 5 nitrogen and oxygen atoms in total. The van der Waals surface area contributed by atoms with E-state index in [4.69, 9.17) is 16.3 Å². The number of amides is 1. The van der Waals surface area contributed by atoms with Crippen molar-refractivity contribution < 1.29 is 9.53 Å². The number of hydrogen-bond donors (Lipinski definition) is 1. The number of rotatable bonds is 3. The number of aromatic nitrogens is 1. The summed E-state index contributed by atoms with van der Waals surface area (Å²) >= 11 is 6.31. The van der Waals surface area contributed by atoms with Gasteiger partial charge in [-0.25, -0.2) is 4.98 Å². The normalized spacial score (nSPS) is 25.3. The van der Waals surface area contributed by atoms with Crippen molar-refractivity contribution in [3.05, 3.63) is 22.8 Å². The van der Waals surface area contributed by atoms with Gasteiger partial charge in [0.25, 0.3) is 5.91 Å². The molecule has 0 spiro atoms. The molecule has 1 N–H and O–H groups in total. The van der Waals surface area contributed by atoms with E-state index in [9.17, 15) is 4.79 Å². The summed E-state index contributed by atoms with van der Waals surface area (Å²) in [6.07, 6.45) is 5.15. The highest BCUT2D eigenvalue weighted by Gasteiger charge is 2.23. The molecule has 2 atom stereocenters. The number of hydrogen-bond acceptors (Lipinski definition) is 4. The van der Waals surface area contributed by atoms with Crippen LogP contribution in [0.25, 0.3) is 0 Å². The van der Waals surface area contributed by atoms with Crippen LogP contribution < -0.4 is 5.32 Å². The fraction of sp³-hybridized carbons (Fsp3) is 0.625. The van der Waals surface area contributed by atoms with Crippen molar-refractivity contribution in [2.75, 3.05) is 31.6 Å². The van der Waals surface area contributed by atoms with Crippen LogP contribution in [0.5, 0.6) is 0 Å². The van der Waals surface area contributed by atoms with Gasteiger partial charge in [-0.15, -0.1) is 0 Å². The molecule has 0 radical (unpaired) electrons. The summed E-state index contributed by atoms with van der Waals surface area (Å²) in [5, 5.41) is 3.91. The van der Waals surface area contributed by atoms with Crippen LogP contribution in [-0.4, -0.2) is 48.1 Å². The highest BCUT2D eigenvalue weighted by molar-refractivity contribution is 6.33. The van der Waals surface area contributed by atoms with E-state index < -0.39 is 0 Å². The number of morpholine rings is 1. The largest absolute Gasteiger partial charge is 0.378 e. The zero-order valence-electron chi connectivity index (χ0n) is 12.8. The lowest BCUT2D eigenvalue weighted by atomic mass is 10.1. The lowest BCUT2D eigenvalue weighted by Gasteiger charge is -2.27. The molecule has 2 aliphatic rings. The fourth-order valence-electron chi connectivity index (χ4n) is 3.14. The van der Waals surface area contributed by atoms with Gasteiger partial charge in [0.2, 0.25) is 0 Å². The van der Waals surface area contributed by atoms with Crippen molar-refractivity contribution in [2.45, 2.75) is 32.2 Å². The third kappa shape index (κ3) is 3.52. The van der Waals surface area contributed by atoms with Crippen LogP contribution in [-0.2, 0) is 4.74 Å². The molecule has 2 heterocycles. The quantitative estimate of drug-likeness (QED) is 0.929. The molecule has 1 aliphatic carbocycles. The van der Waals surface area contributed by atoms with Crippen molar-refractivity contribution >= 4 is 23.3 Å². The van der Waals surface area contributed by atoms with Gasteiger partial charge < -0.3 is 15.0 Å². The SMILES string of the molecule is CC1CCC(Nc2ncc(C(=O)N3CCOCC3)cc2Cl)C1. The standard InChI is InChI=1S/C16H22ClN3O2/c1-11-2-3-13(8-11)19-15-14(17)9-12(10-18-15)16(21)20-4-6-22-7-5-20/h9-11,13H,2-8H2,1H3,(H,18,19). The number of halogens is 1. The second-order valence-electron chi connectivity index (χ2n) is 6.22. The van der Waals surface area contributed by atoms with E-state index in [1.54, 1.807) is 17.2 Å². The van der Waals surface area contributed by atoms with E-state index in [1.165, 1.54) is 6.42 Å². The smallest absolute Gasteiger partial charge is 0.255 e. The van der Waals surface area contributed by atoms with E-state index in [2.05, 4.69) is 17.2 Å².